The lowest BCUT2D eigenvalue weighted by Crippen LogP contribution is -2.27. The standard InChI is InChI=1S/C10H21IO/c1-5-6-9(7-8-11)12-10(2,3)4/h9H,5-8H2,1-4H3. The minimum atomic E-state index is 0.0195. The molecule has 0 spiro atoms. The van der Waals surface area contributed by atoms with Crippen molar-refractivity contribution in [3.05, 3.63) is 0 Å². The van der Waals surface area contributed by atoms with Crippen LogP contribution in [-0.4, -0.2) is 16.1 Å². The molecular weight excluding hydrogens is 263 g/mol. The van der Waals surface area contributed by atoms with Crippen molar-refractivity contribution in [3.8, 4) is 0 Å². The van der Waals surface area contributed by atoms with E-state index >= 15 is 0 Å². The molecule has 0 fully saturated rings. The minimum absolute atomic E-state index is 0.0195. The van der Waals surface area contributed by atoms with Crippen LogP contribution in [0.3, 0.4) is 0 Å². The summed E-state index contributed by atoms with van der Waals surface area (Å²) in [5.74, 6) is 0. The summed E-state index contributed by atoms with van der Waals surface area (Å²) in [6, 6.07) is 0. The fourth-order valence-electron chi connectivity index (χ4n) is 1.21. The highest BCUT2D eigenvalue weighted by atomic mass is 127. The quantitative estimate of drug-likeness (QED) is 0.551. The van der Waals surface area contributed by atoms with Crippen molar-refractivity contribution in [3.63, 3.8) is 0 Å². The van der Waals surface area contributed by atoms with Crippen LogP contribution in [0.1, 0.15) is 47.0 Å². The molecule has 0 aliphatic heterocycles. The molecule has 2 heteroatoms. The van der Waals surface area contributed by atoms with Crippen LogP contribution in [0, 0.1) is 0 Å². The predicted octanol–water partition coefficient (Wildman–Crippen LogP) is 3.80. The first-order valence-electron chi connectivity index (χ1n) is 4.73. The summed E-state index contributed by atoms with van der Waals surface area (Å²) in [6.45, 7) is 8.60. The van der Waals surface area contributed by atoms with E-state index in [9.17, 15) is 0 Å². The van der Waals surface area contributed by atoms with Gasteiger partial charge in [0.1, 0.15) is 0 Å². The maximum absolute atomic E-state index is 5.91. The van der Waals surface area contributed by atoms with E-state index in [0.29, 0.717) is 6.10 Å². The average molecular weight is 284 g/mol. The first-order chi connectivity index (χ1) is 5.49. The highest BCUT2D eigenvalue weighted by Crippen LogP contribution is 2.17. The van der Waals surface area contributed by atoms with Gasteiger partial charge in [-0.25, -0.2) is 0 Å². The zero-order chi connectivity index (χ0) is 9.61. The van der Waals surface area contributed by atoms with E-state index in [2.05, 4.69) is 50.3 Å². The molecule has 0 aromatic heterocycles. The number of rotatable bonds is 5. The van der Waals surface area contributed by atoms with Crippen LogP contribution in [0.5, 0.6) is 0 Å². The van der Waals surface area contributed by atoms with Crippen molar-refractivity contribution in [2.24, 2.45) is 0 Å². The Morgan fingerprint density at radius 1 is 1.25 bits per heavy atom. The number of alkyl halides is 1. The van der Waals surface area contributed by atoms with Gasteiger partial charge in [-0.3, -0.25) is 0 Å². The second-order valence-electron chi connectivity index (χ2n) is 4.12. The second-order valence-corrected chi connectivity index (χ2v) is 5.20. The van der Waals surface area contributed by atoms with E-state index in [1.54, 1.807) is 0 Å². The Morgan fingerprint density at radius 2 is 1.83 bits per heavy atom. The molecule has 0 saturated carbocycles. The maximum atomic E-state index is 5.91. The van der Waals surface area contributed by atoms with Gasteiger partial charge >= 0.3 is 0 Å². The van der Waals surface area contributed by atoms with Gasteiger partial charge in [0, 0.05) is 4.43 Å². The summed E-state index contributed by atoms with van der Waals surface area (Å²) in [5.41, 5.74) is 0.0195. The van der Waals surface area contributed by atoms with Gasteiger partial charge in [-0.15, -0.1) is 0 Å². The number of ether oxygens (including phenoxy) is 1. The van der Waals surface area contributed by atoms with Crippen LogP contribution in [-0.2, 0) is 4.74 Å². The van der Waals surface area contributed by atoms with Crippen molar-refractivity contribution >= 4 is 22.6 Å². The Balaban J connectivity index is 3.77. The van der Waals surface area contributed by atoms with Crippen molar-refractivity contribution in [2.75, 3.05) is 4.43 Å². The van der Waals surface area contributed by atoms with Gasteiger partial charge in [0.15, 0.2) is 0 Å². The Morgan fingerprint density at radius 3 is 2.17 bits per heavy atom. The molecule has 0 aliphatic carbocycles. The number of hydrogen-bond donors (Lipinski definition) is 0. The van der Waals surface area contributed by atoms with Crippen LogP contribution in [0.25, 0.3) is 0 Å². The SMILES string of the molecule is CCCC(CCI)OC(C)(C)C. The molecule has 0 aromatic carbocycles. The predicted molar refractivity (Wildman–Crippen MR) is 63.0 cm³/mol. The van der Waals surface area contributed by atoms with Crippen LogP contribution < -0.4 is 0 Å². The molecular formula is C10H21IO. The van der Waals surface area contributed by atoms with Crippen LogP contribution >= 0.6 is 22.6 Å². The lowest BCUT2D eigenvalue weighted by Gasteiger charge is -2.27. The topological polar surface area (TPSA) is 9.23 Å². The lowest BCUT2D eigenvalue weighted by atomic mass is 10.1. The third-order valence-corrected chi connectivity index (χ3v) is 2.18. The maximum Gasteiger partial charge on any atom is 0.0602 e. The Kier molecular flexibility index (Phi) is 6.55. The monoisotopic (exact) mass is 284 g/mol. The summed E-state index contributed by atoms with van der Waals surface area (Å²) >= 11 is 2.41. The molecule has 12 heavy (non-hydrogen) atoms. The zero-order valence-electron chi connectivity index (χ0n) is 8.69. The molecule has 0 saturated heterocycles. The molecule has 1 atom stereocenters. The van der Waals surface area contributed by atoms with E-state index < -0.39 is 0 Å². The molecule has 0 N–H and O–H groups in total. The van der Waals surface area contributed by atoms with Gasteiger partial charge in [-0.05, 0) is 33.6 Å². The summed E-state index contributed by atoms with van der Waals surface area (Å²) in [5, 5.41) is 0. The van der Waals surface area contributed by atoms with Crippen LogP contribution in [0.4, 0.5) is 0 Å². The van der Waals surface area contributed by atoms with Gasteiger partial charge in [-0.1, -0.05) is 35.9 Å². The zero-order valence-corrected chi connectivity index (χ0v) is 10.8. The first kappa shape index (κ1) is 12.7. The smallest absolute Gasteiger partial charge is 0.0602 e. The molecule has 0 bridgehead atoms. The van der Waals surface area contributed by atoms with E-state index in [1.165, 1.54) is 23.7 Å². The third kappa shape index (κ3) is 7.35. The molecule has 0 heterocycles. The largest absolute Gasteiger partial charge is 0.373 e. The molecule has 0 aromatic rings. The molecule has 0 rings (SSSR count). The van der Waals surface area contributed by atoms with Gasteiger partial charge in [0.2, 0.25) is 0 Å². The summed E-state index contributed by atoms with van der Waals surface area (Å²) < 4.78 is 7.11. The Bertz CT molecular complexity index is 101. The van der Waals surface area contributed by atoms with Crippen molar-refractivity contribution in [2.45, 2.75) is 58.7 Å². The molecule has 1 unspecified atom stereocenters. The molecule has 0 aliphatic rings. The van der Waals surface area contributed by atoms with Crippen molar-refractivity contribution in [1.29, 1.82) is 0 Å². The Labute approximate surface area is 90.4 Å². The average Bonchev–Trinajstić information content (AvgIpc) is 1.84. The van der Waals surface area contributed by atoms with Gasteiger partial charge < -0.3 is 4.74 Å². The summed E-state index contributed by atoms with van der Waals surface area (Å²) in [6.07, 6.45) is 4.07. The van der Waals surface area contributed by atoms with Crippen LogP contribution in [0.2, 0.25) is 0 Å². The van der Waals surface area contributed by atoms with Gasteiger partial charge in [0.05, 0.1) is 11.7 Å². The summed E-state index contributed by atoms with van der Waals surface area (Å²) in [7, 11) is 0. The van der Waals surface area contributed by atoms with E-state index in [4.69, 9.17) is 4.74 Å². The highest BCUT2D eigenvalue weighted by molar-refractivity contribution is 14.1. The van der Waals surface area contributed by atoms with E-state index in [0.717, 1.165) is 0 Å². The molecule has 0 radical (unpaired) electrons. The van der Waals surface area contributed by atoms with Gasteiger partial charge in [0.25, 0.3) is 0 Å². The van der Waals surface area contributed by atoms with Crippen molar-refractivity contribution in [1.82, 2.24) is 0 Å². The fraction of sp³-hybridized carbons (Fsp3) is 1.00. The fourth-order valence-corrected chi connectivity index (χ4v) is 1.90. The molecule has 0 amide bonds. The lowest BCUT2D eigenvalue weighted by molar-refractivity contribution is -0.0635. The number of hydrogen-bond acceptors (Lipinski definition) is 1. The highest BCUT2D eigenvalue weighted by Gasteiger charge is 2.17. The first-order valence-corrected chi connectivity index (χ1v) is 6.26. The number of halogens is 1. The molecule has 74 valence electrons. The van der Waals surface area contributed by atoms with Crippen molar-refractivity contribution < 1.29 is 4.74 Å². The Hall–Kier alpha value is 0.690. The second kappa shape index (κ2) is 6.19. The van der Waals surface area contributed by atoms with Crippen LogP contribution in [0.15, 0.2) is 0 Å². The molecule has 1 nitrogen and oxygen atoms in total. The minimum Gasteiger partial charge on any atom is -0.373 e. The summed E-state index contributed by atoms with van der Waals surface area (Å²) in [4.78, 5) is 0. The van der Waals surface area contributed by atoms with E-state index in [-0.39, 0.29) is 5.60 Å². The third-order valence-electron chi connectivity index (χ3n) is 1.56. The van der Waals surface area contributed by atoms with Gasteiger partial charge in [-0.2, -0.15) is 0 Å². The van der Waals surface area contributed by atoms with E-state index in [1.807, 2.05) is 0 Å². The normalized spacial score (nSPS) is 14.8.